The molecule has 1 unspecified atom stereocenters. The second-order valence-corrected chi connectivity index (χ2v) is 16.3. The molecule has 0 aromatic heterocycles. The predicted molar refractivity (Wildman–Crippen MR) is 229 cm³/mol. The van der Waals surface area contributed by atoms with Gasteiger partial charge < -0.3 is 20.3 Å². The van der Waals surface area contributed by atoms with Crippen molar-refractivity contribution in [2.75, 3.05) is 49.4 Å². The Morgan fingerprint density at radius 2 is 1.39 bits per heavy atom. The van der Waals surface area contributed by atoms with Crippen LogP contribution >= 0.6 is 0 Å². The first-order valence-corrected chi connectivity index (χ1v) is 21.4. The number of nitrogens with one attached hydrogen (secondary N) is 3. The van der Waals surface area contributed by atoms with Gasteiger partial charge in [-0.3, -0.25) is 13.8 Å². The summed E-state index contributed by atoms with van der Waals surface area (Å²) in [5.74, 6) is 0.102. The van der Waals surface area contributed by atoms with Crippen molar-refractivity contribution in [3.8, 4) is 5.75 Å². The third-order valence-electron chi connectivity index (χ3n) is 9.58. The third-order valence-corrected chi connectivity index (χ3v) is 10.3. The van der Waals surface area contributed by atoms with Gasteiger partial charge in [-0.25, -0.2) is 13.9 Å². The zero-order valence-corrected chi connectivity index (χ0v) is 35.6. The summed E-state index contributed by atoms with van der Waals surface area (Å²) in [7, 11) is 2.95. The monoisotopic (exact) mass is 770 g/mol. The van der Waals surface area contributed by atoms with Gasteiger partial charge in [0, 0.05) is 42.8 Å². The van der Waals surface area contributed by atoms with Crippen LogP contribution in [-0.2, 0) is 25.0 Å². The van der Waals surface area contributed by atoms with Crippen LogP contribution in [0, 0.1) is 12.3 Å². The number of hydrogen-bond acceptors (Lipinski definition) is 7. The molecular formula is C43H71N5O5S. The maximum Gasteiger partial charge on any atom is 0.270 e. The summed E-state index contributed by atoms with van der Waals surface area (Å²) in [6.45, 7) is 14.1. The lowest BCUT2D eigenvalue weighted by Gasteiger charge is -2.24. The van der Waals surface area contributed by atoms with Crippen LogP contribution in [0.4, 0.5) is 22.7 Å². The smallest absolute Gasteiger partial charge is 0.270 e. The number of anilines is 3. The van der Waals surface area contributed by atoms with Crippen LogP contribution in [0.25, 0.3) is 0 Å². The lowest BCUT2D eigenvalue weighted by Crippen LogP contribution is -2.34. The van der Waals surface area contributed by atoms with Crippen molar-refractivity contribution >= 4 is 51.5 Å². The molecule has 0 spiro atoms. The van der Waals surface area contributed by atoms with E-state index < -0.39 is 16.7 Å². The molecule has 0 aliphatic heterocycles. The fourth-order valence-electron chi connectivity index (χ4n) is 6.38. The van der Waals surface area contributed by atoms with Crippen molar-refractivity contribution in [3.63, 3.8) is 0 Å². The Morgan fingerprint density at radius 3 is 1.91 bits per heavy atom. The number of aryl methyl sites for hydroxylation is 1. The largest absolute Gasteiger partial charge is 0.495 e. The average Bonchev–Trinajstić information content (AvgIpc) is 3.13. The summed E-state index contributed by atoms with van der Waals surface area (Å²) >= 11 is -1.52. The van der Waals surface area contributed by atoms with Gasteiger partial charge in [0.25, 0.3) is 5.91 Å². The highest BCUT2D eigenvalue weighted by molar-refractivity contribution is 7.78. The number of methoxy groups -OCH3 is 1. The summed E-state index contributed by atoms with van der Waals surface area (Å²) in [5, 5.41) is 6.00. The van der Waals surface area contributed by atoms with Crippen molar-refractivity contribution in [1.82, 2.24) is 4.72 Å². The first kappa shape index (κ1) is 46.9. The first-order chi connectivity index (χ1) is 25.9. The van der Waals surface area contributed by atoms with Crippen molar-refractivity contribution in [1.29, 1.82) is 0 Å². The molecule has 1 atom stereocenters. The highest BCUT2D eigenvalue weighted by Crippen LogP contribution is 2.31. The molecule has 2 amide bonds. The normalized spacial score (nSPS) is 12.4. The maximum absolute atomic E-state index is 13.8. The van der Waals surface area contributed by atoms with E-state index >= 15 is 0 Å². The van der Waals surface area contributed by atoms with Gasteiger partial charge in [0.05, 0.1) is 25.6 Å². The Bertz CT molecular complexity index is 1460. The highest BCUT2D eigenvalue weighted by atomic mass is 32.2. The Kier molecular flexibility index (Phi) is 23.0. The van der Waals surface area contributed by atoms with E-state index in [1.54, 1.807) is 25.3 Å². The van der Waals surface area contributed by atoms with E-state index in [0.717, 1.165) is 30.6 Å². The Morgan fingerprint density at radius 1 is 0.796 bits per heavy atom. The molecule has 0 saturated heterocycles. The minimum Gasteiger partial charge on any atom is -0.495 e. The second kappa shape index (κ2) is 26.5. The molecule has 2 aromatic carbocycles. The third kappa shape index (κ3) is 18.4. The van der Waals surface area contributed by atoms with Crippen molar-refractivity contribution in [2.24, 2.45) is 10.4 Å². The van der Waals surface area contributed by atoms with Gasteiger partial charge in [0.15, 0.2) is 0 Å². The van der Waals surface area contributed by atoms with E-state index in [4.69, 9.17) is 13.9 Å². The average molecular weight is 770 g/mol. The van der Waals surface area contributed by atoms with Crippen molar-refractivity contribution < 1.29 is 22.7 Å². The van der Waals surface area contributed by atoms with Crippen LogP contribution < -0.4 is 25.0 Å². The standard InChI is InChI=1S/C43H71N5O5S/c1-9-11-12-13-14-15-16-17-18-19-20-21-22-23-24-25-40(49)45-35-26-29-39(52-7)38(33-35)47-42(50)41(43(4,5)6)46-37-28-27-36(32-34(37)3)48(10-2)31-30-44-54(51)53-8/h26-29,32-33,44H,9-25,30-31H2,1-8H3,(H,45,49)(H,47,50). The minimum absolute atomic E-state index is 0.0362. The molecule has 0 aliphatic rings. The summed E-state index contributed by atoms with van der Waals surface area (Å²) in [6, 6.07) is 11.2. The minimum atomic E-state index is -1.52. The number of benzene rings is 2. The summed E-state index contributed by atoms with van der Waals surface area (Å²) in [5.41, 5.74) is 3.47. The number of hydrogen-bond donors (Lipinski definition) is 3. The van der Waals surface area contributed by atoms with Gasteiger partial charge in [-0.15, -0.1) is 0 Å². The number of likely N-dealkylation sites (N-methyl/N-ethyl adjacent to an activating group) is 1. The van der Waals surface area contributed by atoms with Crippen LogP contribution in [0.5, 0.6) is 5.75 Å². The quantitative estimate of drug-likeness (QED) is 0.0585. The molecule has 0 saturated carbocycles. The van der Waals surface area contributed by atoms with E-state index in [2.05, 4.69) is 34.1 Å². The van der Waals surface area contributed by atoms with Gasteiger partial charge in [0.2, 0.25) is 17.2 Å². The molecular weight excluding hydrogens is 699 g/mol. The molecule has 0 radical (unpaired) electrons. The van der Waals surface area contributed by atoms with E-state index in [9.17, 15) is 13.8 Å². The molecule has 2 aromatic rings. The molecule has 10 nitrogen and oxygen atoms in total. The molecule has 2 rings (SSSR count). The van der Waals surface area contributed by atoms with Gasteiger partial charge in [0.1, 0.15) is 11.5 Å². The first-order valence-electron chi connectivity index (χ1n) is 20.4. The van der Waals surface area contributed by atoms with Crippen LogP contribution in [0.15, 0.2) is 41.4 Å². The molecule has 54 heavy (non-hydrogen) atoms. The zero-order valence-electron chi connectivity index (χ0n) is 34.7. The fourth-order valence-corrected chi connectivity index (χ4v) is 6.76. The molecule has 0 aliphatic carbocycles. The van der Waals surface area contributed by atoms with Gasteiger partial charge >= 0.3 is 0 Å². The van der Waals surface area contributed by atoms with E-state index in [1.807, 2.05) is 45.9 Å². The van der Waals surface area contributed by atoms with Crippen LogP contribution in [-0.4, -0.2) is 55.6 Å². The predicted octanol–water partition coefficient (Wildman–Crippen LogP) is 10.6. The fraction of sp³-hybridized carbons (Fsp3) is 0.651. The lowest BCUT2D eigenvalue weighted by atomic mass is 9.89. The second-order valence-electron chi connectivity index (χ2n) is 15.2. The summed E-state index contributed by atoms with van der Waals surface area (Å²) in [4.78, 5) is 33.7. The Hall–Kier alpha value is -3.28. The number of rotatable bonds is 28. The van der Waals surface area contributed by atoms with Crippen LogP contribution in [0.1, 0.15) is 143 Å². The van der Waals surface area contributed by atoms with Crippen molar-refractivity contribution in [2.45, 2.75) is 144 Å². The molecule has 304 valence electrons. The molecule has 11 heteroatoms. The number of amides is 2. The number of nitrogens with zero attached hydrogens (tertiary/aromatic N) is 2. The topological polar surface area (TPSA) is 121 Å². The highest BCUT2D eigenvalue weighted by Gasteiger charge is 2.27. The number of aliphatic imine (C=N–C) groups is 1. The van der Waals surface area contributed by atoms with E-state index in [0.29, 0.717) is 48.0 Å². The number of carbonyl (C=O) groups excluding carboxylic acids is 2. The molecule has 0 fully saturated rings. The zero-order chi connectivity index (χ0) is 39.8. The Balaban J connectivity index is 1.92. The lowest BCUT2D eigenvalue weighted by molar-refractivity contribution is -0.116. The van der Waals surface area contributed by atoms with Crippen LogP contribution in [0.3, 0.4) is 0 Å². The number of carbonyl (C=O) groups is 2. The van der Waals surface area contributed by atoms with Crippen molar-refractivity contribution in [3.05, 3.63) is 42.0 Å². The van der Waals surface area contributed by atoms with Gasteiger partial charge in [-0.1, -0.05) is 118 Å². The molecule has 0 bridgehead atoms. The molecule has 0 heterocycles. The van der Waals surface area contributed by atoms with Gasteiger partial charge in [-0.2, -0.15) is 0 Å². The van der Waals surface area contributed by atoms with E-state index in [-0.39, 0.29) is 11.8 Å². The maximum atomic E-state index is 13.8. The number of unbranched alkanes of at least 4 members (excludes halogenated alkanes) is 14. The Labute approximate surface area is 329 Å². The molecule has 3 N–H and O–H groups in total. The van der Waals surface area contributed by atoms with E-state index in [1.165, 1.54) is 90.6 Å². The SMILES string of the molecule is CCCCCCCCCCCCCCCCCC(=O)Nc1ccc(OC)c(NC(=O)C(=Nc2ccc(N(CC)CCNS(=O)OC)cc2C)C(C)(C)C)c1. The van der Waals surface area contributed by atoms with Crippen LogP contribution in [0.2, 0.25) is 0 Å². The summed E-state index contributed by atoms with van der Waals surface area (Å²) in [6.07, 6.45) is 19.8. The summed E-state index contributed by atoms with van der Waals surface area (Å²) < 4.78 is 24.7. The number of ether oxygens (including phenoxy) is 1. The van der Waals surface area contributed by atoms with Gasteiger partial charge in [-0.05, 0) is 62.2 Å².